The first-order valence-corrected chi connectivity index (χ1v) is 5.55. The molecule has 2 heterocycles. The van der Waals surface area contributed by atoms with E-state index in [2.05, 4.69) is 5.32 Å². The predicted octanol–water partition coefficient (Wildman–Crippen LogP) is -0.553. The molecule has 0 aromatic carbocycles. The second kappa shape index (κ2) is 5.15. The first-order valence-electron chi connectivity index (χ1n) is 5.55. The van der Waals surface area contributed by atoms with Crippen molar-refractivity contribution in [3.05, 3.63) is 28.0 Å². The number of piperazine rings is 1. The van der Waals surface area contributed by atoms with Gasteiger partial charge >= 0.3 is 5.88 Å². The quantitative estimate of drug-likeness (QED) is 0.550. The van der Waals surface area contributed by atoms with Crippen molar-refractivity contribution in [1.29, 1.82) is 0 Å². The van der Waals surface area contributed by atoms with Crippen molar-refractivity contribution in [2.75, 3.05) is 19.6 Å². The van der Waals surface area contributed by atoms with Crippen LogP contribution in [0.5, 0.6) is 0 Å². The van der Waals surface area contributed by atoms with Gasteiger partial charge in [0.2, 0.25) is 5.91 Å². The molecule has 8 heteroatoms. The molecule has 1 aromatic heterocycles. The van der Waals surface area contributed by atoms with E-state index in [4.69, 9.17) is 10.2 Å². The number of carbonyl (C=O) groups excluding carboxylic acids is 1. The number of nitrogens with one attached hydrogen (secondary N) is 1. The lowest BCUT2D eigenvalue weighted by Gasteiger charge is -2.33. The third-order valence-electron chi connectivity index (χ3n) is 2.87. The van der Waals surface area contributed by atoms with Crippen molar-refractivity contribution < 1.29 is 14.1 Å². The van der Waals surface area contributed by atoms with Gasteiger partial charge in [-0.1, -0.05) is 0 Å². The van der Waals surface area contributed by atoms with E-state index in [1.54, 1.807) is 0 Å². The van der Waals surface area contributed by atoms with E-state index in [1.807, 2.05) is 4.90 Å². The van der Waals surface area contributed by atoms with E-state index in [9.17, 15) is 14.9 Å². The summed E-state index contributed by atoms with van der Waals surface area (Å²) in [5, 5.41) is 13.6. The number of nitro groups is 1. The van der Waals surface area contributed by atoms with Crippen LogP contribution in [-0.4, -0.2) is 41.4 Å². The summed E-state index contributed by atoms with van der Waals surface area (Å²) >= 11 is 0. The van der Waals surface area contributed by atoms with Crippen LogP contribution in [0.15, 0.2) is 16.5 Å². The predicted molar refractivity (Wildman–Crippen MR) is 61.6 cm³/mol. The van der Waals surface area contributed by atoms with Crippen LogP contribution >= 0.6 is 0 Å². The molecule has 1 unspecified atom stereocenters. The fraction of sp³-hybridized carbons (Fsp3) is 0.500. The molecule has 1 aliphatic heterocycles. The molecule has 3 N–H and O–H groups in total. The van der Waals surface area contributed by atoms with Crippen LogP contribution in [-0.2, 0) is 11.3 Å². The maximum atomic E-state index is 11.3. The molecular weight excluding hydrogens is 240 g/mol. The molecule has 1 atom stereocenters. The van der Waals surface area contributed by atoms with Gasteiger partial charge in [-0.25, -0.2) is 0 Å². The fourth-order valence-corrected chi connectivity index (χ4v) is 1.97. The third-order valence-corrected chi connectivity index (χ3v) is 2.87. The Morgan fingerprint density at radius 2 is 2.44 bits per heavy atom. The zero-order valence-electron chi connectivity index (χ0n) is 9.67. The third kappa shape index (κ3) is 2.66. The molecule has 0 spiro atoms. The highest BCUT2D eigenvalue weighted by Crippen LogP contribution is 2.18. The second-order valence-electron chi connectivity index (χ2n) is 4.09. The lowest BCUT2D eigenvalue weighted by Crippen LogP contribution is -2.56. The number of carbonyl (C=O) groups is 1. The minimum Gasteiger partial charge on any atom is -0.404 e. The maximum absolute atomic E-state index is 11.3. The molecule has 1 saturated heterocycles. The Hall–Kier alpha value is -1.93. The van der Waals surface area contributed by atoms with Gasteiger partial charge in [0, 0.05) is 19.6 Å². The minimum atomic E-state index is -0.590. The van der Waals surface area contributed by atoms with Crippen molar-refractivity contribution in [2.24, 2.45) is 5.73 Å². The Labute approximate surface area is 103 Å². The topological polar surface area (TPSA) is 115 Å². The van der Waals surface area contributed by atoms with Crippen molar-refractivity contribution in [3.63, 3.8) is 0 Å². The molecule has 0 radical (unpaired) electrons. The van der Waals surface area contributed by atoms with Gasteiger partial charge in [-0.3, -0.25) is 19.8 Å². The molecule has 98 valence electrons. The number of hydrogen-bond donors (Lipinski definition) is 2. The summed E-state index contributed by atoms with van der Waals surface area (Å²) in [6, 6.07) is 2.43. The Morgan fingerprint density at radius 3 is 3.06 bits per heavy atom. The first kappa shape index (κ1) is 12.5. The van der Waals surface area contributed by atoms with Crippen molar-refractivity contribution in [2.45, 2.75) is 12.6 Å². The number of nitrogens with zero attached hydrogens (tertiary/aromatic N) is 2. The van der Waals surface area contributed by atoms with Crippen LogP contribution < -0.4 is 11.1 Å². The highest BCUT2D eigenvalue weighted by atomic mass is 16.6. The zero-order chi connectivity index (χ0) is 13.1. The SMILES string of the molecule is NC(=O)C1CNCCN1Cc1ccc([N+](=O)[O-])o1. The van der Waals surface area contributed by atoms with Crippen LogP contribution in [0.3, 0.4) is 0 Å². The van der Waals surface area contributed by atoms with Gasteiger partial charge in [-0.15, -0.1) is 0 Å². The lowest BCUT2D eigenvalue weighted by atomic mass is 10.1. The van der Waals surface area contributed by atoms with Gasteiger partial charge in [-0.05, 0) is 6.07 Å². The Balaban J connectivity index is 2.06. The van der Waals surface area contributed by atoms with E-state index in [1.165, 1.54) is 12.1 Å². The van der Waals surface area contributed by atoms with Gasteiger partial charge in [0.05, 0.1) is 12.6 Å². The van der Waals surface area contributed by atoms with Gasteiger partial charge in [0.15, 0.2) is 0 Å². The maximum Gasteiger partial charge on any atom is 0.433 e. The van der Waals surface area contributed by atoms with E-state index in [-0.39, 0.29) is 5.88 Å². The summed E-state index contributed by atoms with van der Waals surface area (Å²) in [5.41, 5.74) is 5.31. The summed E-state index contributed by atoms with van der Waals surface area (Å²) in [6.07, 6.45) is 0. The fourth-order valence-electron chi connectivity index (χ4n) is 1.97. The Kier molecular flexibility index (Phi) is 3.58. The highest BCUT2D eigenvalue weighted by Gasteiger charge is 2.27. The van der Waals surface area contributed by atoms with Crippen molar-refractivity contribution >= 4 is 11.8 Å². The standard InChI is InChI=1S/C10H14N4O4/c11-10(15)8-5-12-3-4-13(8)6-7-1-2-9(18-7)14(16)17/h1-2,8,12H,3-6H2,(H2,11,15). The average molecular weight is 254 g/mol. The van der Waals surface area contributed by atoms with Gasteiger partial charge < -0.3 is 15.5 Å². The van der Waals surface area contributed by atoms with Crippen LogP contribution in [0.2, 0.25) is 0 Å². The minimum absolute atomic E-state index is 0.296. The number of rotatable bonds is 4. The number of furan rings is 1. The summed E-state index contributed by atoms with van der Waals surface area (Å²) in [7, 11) is 0. The molecule has 0 aliphatic carbocycles. The molecular formula is C10H14N4O4. The van der Waals surface area contributed by atoms with E-state index < -0.39 is 16.9 Å². The molecule has 1 amide bonds. The smallest absolute Gasteiger partial charge is 0.404 e. The number of nitrogens with two attached hydrogens (primary N) is 1. The molecule has 2 rings (SSSR count). The molecule has 1 aromatic rings. The molecule has 1 fully saturated rings. The second-order valence-corrected chi connectivity index (χ2v) is 4.09. The van der Waals surface area contributed by atoms with Gasteiger partial charge in [-0.2, -0.15) is 0 Å². The Bertz CT molecular complexity index is 458. The molecule has 18 heavy (non-hydrogen) atoms. The van der Waals surface area contributed by atoms with Crippen molar-refractivity contribution in [3.8, 4) is 0 Å². The molecule has 0 saturated carbocycles. The van der Waals surface area contributed by atoms with Gasteiger partial charge in [0.25, 0.3) is 0 Å². The Morgan fingerprint density at radius 1 is 1.67 bits per heavy atom. The van der Waals surface area contributed by atoms with E-state index >= 15 is 0 Å². The number of hydrogen-bond acceptors (Lipinski definition) is 6. The monoisotopic (exact) mass is 254 g/mol. The van der Waals surface area contributed by atoms with Crippen LogP contribution in [0, 0.1) is 10.1 Å². The molecule has 0 bridgehead atoms. The number of amides is 1. The largest absolute Gasteiger partial charge is 0.433 e. The lowest BCUT2D eigenvalue weighted by molar-refractivity contribution is -0.402. The summed E-state index contributed by atoms with van der Waals surface area (Å²) in [4.78, 5) is 23.0. The van der Waals surface area contributed by atoms with Crippen molar-refractivity contribution in [1.82, 2.24) is 10.2 Å². The van der Waals surface area contributed by atoms with E-state index in [0.29, 0.717) is 25.4 Å². The highest BCUT2D eigenvalue weighted by molar-refractivity contribution is 5.80. The molecule has 1 aliphatic rings. The van der Waals surface area contributed by atoms with E-state index in [0.717, 1.165) is 6.54 Å². The summed E-state index contributed by atoms with van der Waals surface area (Å²) in [6.45, 7) is 2.20. The van der Waals surface area contributed by atoms with Crippen LogP contribution in [0.4, 0.5) is 5.88 Å². The van der Waals surface area contributed by atoms with Gasteiger partial charge in [0.1, 0.15) is 16.7 Å². The van der Waals surface area contributed by atoms with Crippen LogP contribution in [0.1, 0.15) is 5.76 Å². The summed E-state index contributed by atoms with van der Waals surface area (Å²) < 4.78 is 5.06. The normalized spacial score (nSPS) is 20.8. The zero-order valence-corrected chi connectivity index (χ0v) is 9.67. The van der Waals surface area contributed by atoms with Crippen LogP contribution in [0.25, 0.3) is 0 Å². The number of primary amides is 1. The average Bonchev–Trinajstić information content (AvgIpc) is 2.78. The summed E-state index contributed by atoms with van der Waals surface area (Å²) in [5.74, 6) is -0.256. The molecule has 8 nitrogen and oxygen atoms in total. The first-order chi connectivity index (χ1) is 8.58.